The van der Waals surface area contributed by atoms with E-state index in [2.05, 4.69) is 20.2 Å². The molecule has 0 atom stereocenters. The van der Waals surface area contributed by atoms with E-state index in [0.29, 0.717) is 16.7 Å². The number of halogens is 2. The van der Waals surface area contributed by atoms with Crippen LogP contribution in [0.2, 0.25) is 0 Å². The monoisotopic (exact) mass is 415 g/mol. The van der Waals surface area contributed by atoms with Crippen molar-refractivity contribution in [2.75, 3.05) is 5.75 Å². The number of para-hydroxylation sites is 1. The number of hydrogen-bond donors (Lipinski definition) is 1. The number of nitrogens with one attached hydrogen (secondary N) is 1. The van der Waals surface area contributed by atoms with Gasteiger partial charge in [-0.3, -0.25) is 9.78 Å². The summed E-state index contributed by atoms with van der Waals surface area (Å²) in [6.45, 7) is 0.478. The lowest BCUT2D eigenvalue weighted by Gasteiger charge is -2.11. The van der Waals surface area contributed by atoms with Gasteiger partial charge in [0, 0.05) is 16.5 Å². The van der Waals surface area contributed by atoms with Crippen molar-refractivity contribution in [2.24, 2.45) is 5.10 Å². The first-order valence-electron chi connectivity index (χ1n) is 8.78. The summed E-state index contributed by atoms with van der Waals surface area (Å²) in [6, 6.07) is 13.0. The summed E-state index contributed by atoms with van der Waals surface area (Å²) in [4.78, 5) is 17.4. The molecule has 0 fully saturated rings. The van der Waals surface area contributed by atoms with E-state index in [0.717, 1.165) is 15.8 Å². The highest BCUT2D eigenvalue weighted by Gasteiger charge is 2.11. The van der Waals surface area contributed by atoms with Gasteiger partial charge < -0.3 is 4.74 Å². The fraction of sp³-hybridized carbons (Fsp3) is 0.190. The number of carbonyl (C=O) groups is 1. The maximum Gasteiger partial charge on any atom is 0.387 e. The fourth-order valence-electron chi connectivity index (χ4n) is 2.88. The van der Waals surface area contributed by atoms with Crippen molar-refractivity contribution in [3.8, 4) is 5.75 Å². The van der Waals surface area contributed by atoms with Crippen LogP contribution in [0.3, 0.4) is 0 Å². The minimum atomic E-state index is -2.87. The highest BCUT2D eigenvalue weighted by atomic mass is 32.2. The number of alkyl halides is 2. The SMILES string of the molecule is Cc1cc(/C=N\NC(=O)CSc2cccc3cccnc23)cc(C)c1OC(F)F. The predicted molar refractivity (Wildman–Crippen MR) is 111 cm³/mol. The van der Waals surface area contributed by atoms with E-state index in [1.807, 2.05) is 30.3 Å². The van der Waals surface area contributed by atoms with Gasteiger partial charge in [-0.25, -0.2) is 5.43 Å². The molecule has 0 radical (unpaired) electrons. The molecular weight excluding hydrogens is 396 g/mol. The zero-order chi connectivity index (χ0) is 20.8. The average Bonchev–Trinajstić information content (AvgIpc) is 2.69. The molecule has 3 rings (SSSR count). The van der Waals surface area contributed by atoms with E-state index in [4.69, 9.17) is 0 Å². The molecule has 0 saturated heterocycles. The molecule has 0 aliphatic heterocycles. The molecule has 8 heteroatoms. The van der Waals surface area contributed by atoms with E-state index < -0.39 is 6.61 Å². The molecule has 3 aromatic rings. The number of aryl methyl sites for hydroxylation is 2. The first-order chi connectivity index (χ1) is 13.9. The Bertz CT molecular complexity index is 1030. The summed E-state index contributed by atoms with van der Waals surface area (Å²) in [5.41, 5.74) is 5.14. The molecule has 0 unspecified atom stereocenters. The lowest BCUT2D eigenvalue weighted by Crippen LogP contribution is -2.19. The molecule has 0 bridgehead atoms. The van der Waals surface area contributed by atoms with Crippen LogP contribution in [0.25, 0.3) is 10.9 Å². The Kier molecular flexibility index (Phi) is 6.77. The molecule has 0 saturated carbocycles. The summed E-state index contributed by atoms with van der Waals surface area (Å²) in [7, 11) is 0. The van der Waals surface area contributed by atoms with Crippen molar-refractivity contribution in [1.29, 1.82) is 0 Å². The topological polar surface area (TPSA) is 63.6 Å². The van der Waals surface area contributed by atoms with Gasteiger partial charge in [0.2, 0.25) is 5.91 Å². The first kappa shape index (κ1) is 20.7. The van der Waals surface area contributed by atoms with Gasteiger partial charge in [0.1, 0.15) is 5.75 Å². The second-order valence-electron chi connectivity index (χ2n) is 6.28. The number of carbonyl (C=O) groups excluding carboxylic acids is 1. The van der Waals surface area contributed by atoms with Crippen molar-refractivity contribution in [1.82, 2.24) is 10.4 Å². The fourth-order valence-corrected chi connectivity index (χ4v) is 3.71. The van der Waals surface area contributed by atoms with E-state index in [9.17, 15) is 13.6 Å². The maximum absolute atomic E-state index is 12.5. The van der Waals surface area contributed by atoms with E-state index in [1.54, 1.807) is 32.2 Å². The van der Waals surface area contributed by atoms with Crippen LogP contribution in [0, 0.1) is 13.8 Å². The highest BCUT2D eigenvalue weighted by molar-refractivity contribution is 8.00. The van der Waals surface area contributed by atoms with E-state index >= 15 is 0 Å². The molecule has 1 N–H and O–H groups in total. The van der Waals surface area contributed by atoms with E-state index in [1.165, 1.54) is 18.0 Å². The third kappa shape index (κ3) is 5.51. The molecule has 2 aromatic carbocycles. The Morgan fingerprint density at radius 2 is 1.97 bits per heavy atom. The third-order valence-electron chi connectivity index (χ3n) is 4.05. The van der Waals surface area contributed by atoms with Crippen LogP contribution in [-0.4, -0.2) is 29.5 Å². The molecule has 5 nitrogen and oxygen atoms in total. The van der Waals surface area contributed by atoms with Gasteiger partial charge in [-0.2, -0.15) is 13.9 Å². The quantitative estimate of drug-likeness (QED) is 0.345. The number of hydrogen-bond acceptors (Lipinski definition) is 5. The smallest absolute Gasteiger partial charge is 0.387 e. The zero-order valence-corrected chi connectivity index (χ0v) is 16.7. The number of benzene rings is 2. The second kappa shape index (κ2) is 9.47. The van der Waals surface area contributed by atoms with Crippen molar-refractivity contribution in [3.05, 3.63) is 65.4 Å². The molecule has 150 valence electrons. The highest BCUT2D eigenvalue weighted by Crippen LogP contribution is 2.27. The summed E-state index contributed by atoms with van der Waals surface area (Å²) >= 11 is 1.38. The van der Waals surface area contributed by atoms with Crippen molar-refractivity contribution >= 4 is 34.8 Å². The second-order valence-corrected chi connectivity index (χ2v) is 7.29. The standard InChI is InChI=1S/C21H19F2N3O2S/c1-13-9-15(10-14(2)20(13)28-21(22)23)11-25-26-18(27)12-29-17-7-3-5-16-6-4-8-24-19(16)17/h3-11,21H,12H2,1-2H3,(H,26,27)/b25-11-. The van der Waals surface area contributed by atoms with Crippen LogP contribution in [0.15, 0.2) is 58.7 Å². The Morgan fingerprint density at radius 3 is 2.69 bits per heavy atom. The minimum absolute atomic E-state index is 0.154. The van der Waals surface area contributed by atoms with E-state index in [-0.39, 0.29) is 17.4 Å². The van der Waals surface area contributed by atoms with Crippen LogP contribution >= 0.6 is 11.8 Å². The third-order valence-corrected chi connectivity index (χ3v) is 5.09. The summed E-state index contributed by atoms with van der Waals surface area (Å²) < 4.78 is 29.4. The molecule has 1 heterocycles. The maximum atomic E-state index is 12.5. The Balaban J connectivity index is 1.58. The molecule has 1 amide bonds. The first-order valence-corrected chi connectivity index (χ1v) is 9.77. The van der Waals surface area contributed by atoms with Gasteiger partial charge in [0.15, 0.2) is 0 Å². The number of ether oxygens (including phenoxy) is 1. The Labute approximate surface area is 171 Å². The van der Waals surface area contributed by atoms with Crippen LogP contribution in [-0.2, 0) is 4.79 Å². The molecule has 0 aliphatic carbocycles. The number of nitrogens with zero attached hydrogens (tertiary/aromatic N) is 2. The zero-order valence-electron chi connectivity index (χ0n) is 15.9. The summed E-state index contributed by atoms with van der Waals surface area (Å²) in [6.07, 6.45) is 3.19. The number of amides is 1. The Hall–Kier alpha value is -3.00. The van der Waals surface area contributed by atoms with Crippen LogP contribution < -0.4 is 10.2 Å². The van der Waals surface area contributed by atoms with Gasteiger partial charge in [-0.15, -0.1) is 11.8 Å². The minimum Gasteiger partial charge on any atom is -0.434 e. The number of rotatable bonds is 7. The van der Waals surface area contributed by atoms with Gasteiger partial charge in [0.05, 0.1) is 17.5 Å². The van der Waals surface area contributed by atoms with Crippen LogP contribution in [0.1, 0.15) is 16.7 Å². The van der Waals surface area contributed by atoms with Crippen molar-refractivity contribution < 1.29 is 18.3 Å². The number of pyridine rings is 1. The van der Waals surface area contributed by atoms with Gasteiger partial charge in [0.25, 0.3) is 0 Å². The lowest BCUT2D eigenvalue weighted by molar-refractivity contribution is -0.118. The summed E-state index contributed by atoms with van der Waals surface area (Å²) in [5, 5.41) is 4.96. The lowest BCUT2D eigenvalue weighted by atomic mass is 10.1. The normalized spacial score (nSPS) is 11.3. The predicted octanol–water partition coefficient (Wildman–Crippen LogP) is 4.70. The number of hydrazone groups is 1. The van der Waals surface area contributed by atoms with Crippen molar-refractivity contribution in [2.45, 2.75) is 25.4 Å². The van der Waals surface area contributed by atoms with Crippen molar-refractivity contribution in [3.63, 3.8) is 0 Å². The van der Waals surface area contributed by atoms with Gasteiger partial charge in [-0.05, 0) is 54.8 Å². The Morgan fingerprint density at radius 1 is 1.24 bits per heavy atom. The number of thioether (sulfide) groups is 1. The van der Waals surface area contributed by atoms with Crippen LogP contribution in [0.4, 0.5) is 8.78 Å². The molecule has 1 aromatic heterocycles. The summed E-state index contributed by atoms with van der Waals surface area (Å²) in [5.74, 6) is 0.0817. The number of aromatic nitrogens is 1. The number of fused-ring (bicyclic) bond motifs is 1. The average molecular weight is 415 g/mol. The molecular formula is C21H19F2N3O2S. The molecule has 0 spiro atoms. The largest absolute Gasteiger partial charge is 0.434 e. The van der Waals surface area contributed by atoms with Crippen LogP contribution in [0.5, 0.6) is 5.75 Å². The molecule has 29 heavy (non-hydrogen) atoms. The van der Waals surface area contributed by atoms with Gasteiger partial charge >= 0.3 is 6.61 Å². The van der Waals surface area contributed by atoms with Gasteiger partial charge in [-0.1, -0.05) is 18.2 Å². The molecule has 0 aliphatic rings.